The number of nitrogens with two attached hydrogens (primary N) is 1. The van der Waals surface area contributed by atoms with Gasteiger partial charge in [0.1, 0.15) is 11.6 Å². The number of nitrogens with one attached hydrogen (secondary N) is 1. The molecule has 4 heteroatoms. The lowest BCUT2D eigenvalue weighted by atomic mass is 9.96. The first-order valence-electron chi connectivity index (χ1n) is 8.57. The Hall–Kier alpha value is -2.85. The molecule has 0 radical (unpaired) electrons. The molecule has 0 spiro atoms. The molecule has 0 aromatic heterocycles. The standard InChI is InChI=1S/C22H23FN2O/c1-15(16-6-3-9-19(23)12-16)25-22(17-7-4-10-20(24)13-17)18-8-5-11-21(14-18)26-2/h3-15,22,25H,24H2,1-2H3/t15-,22?/m0/s1. The van der Waals surface area contributed by atoms with E-state index in [2.05, 4.69) is 5.32 Å². The van der Waals surface area contributed by atoms with Gasteiger partial charge in [0, 0.05) is 11.7 Å². The van der Waals surface area contributed by atoms with Crippen LogP contribution in [0.4, 0.5) is 10.1 Å². The molecule has 1 unspecified atom stereocenters. The van der Waals surface area contributed by atoms with Crippen LogP contribution in [0.25, 0.3) is 0 Å². The maximum Gasteiger partial charge on any atom is 0.123 e. The van der Waals surface area contributed by atoms with Crippen LogP contribution in [0.2, 0.25) is 0 Å². The molecule has 0 amide bonds. The van der Waals surface area contributed by atoms with Crippen LogP contribution in [0.1, 0.15) is 35.7 Å². The van der Waals surface area contributed by atoms with Crippen molar-refractivity contribution in [1.82, 2.24) is 5.32 Å². The highest BCUT2D eigenvalue weighted by Gasteiger charge is 2.18. The molecule has 0 aliphatic rings. The van der Waals surface area contributed by atoms with E-state index in [0.717, 1.165) is 22.4 Å². The molecule has 0 saturated carbocycles. The summed E-state index contributed by atoms with van der Waals surface area (Å²) in [7, 11) is 1.65. The van der Waals surface area contributed by atoms with Gasteiger partial charge in [-0.05, 0) is 60.0 Å². The molecular formula is C22H23FN2O. The molecule has 0 saturated heterocycles. The van der Waals surface area contributed by atoms with Crippen molar-refractivity contribution in [3.8, 4) is 5.75 Å². The zero-order chi connectivity index (χ0) is 18.5. The van der Waals surface area contributed by atoms with Gasteiger partial charge in [0.2, 0.25) is 0 Å². The van der Waals surface area contributed by atoms with Crippen LogP contribution in [0.5, 0.6) is 5.75 Å². The predicted octanol–water partition coefficient (Wildman–Crippen LogP) is 4.86. The minimum absolute atomic E-state index is 0.0525. The molecule has 134 valence electrons. The smallest absolute Gasteiger partial charge is 0.123 e. The molecule has 3 nitrogen and oxygen atoms in total. The molecule has 0 heterocycles. The molecule has 0 aliphatic heterocycles. The number of methoxy groups -OCH3 is 1. The Labute approximate surface area is 153 Å². The lowest BCUT2D eigenvalue weighted by Gasteiger charge is -2.25. The number of ether oxygens (including phenoxy) is 1. The normalized spacial score (nSPS) is 13.2. The molecule has 26 heavy (non-hydrogen) atoms. The SMILES string of the molecule is COc1cccc(C(N[C@@H](C)c2cccc(F)c2)c2cccc(N)c2)c1. The van der Waals surface area contributed by atoms with Gasteiger partial charge < -0.3 is 10.5 Å². The lowest BCUT2D eigenvalue weighted by molar-refractivity contribution is 0.413. The molecule has 3 aromatic rings. The van der Waals surface area contributed by atoms with Crippen LogP contribution in [0.3, 0.4) is 0 Å². The summed E-state index contributed by atoms with van der Waals surface area (Å²) in [6.07, 6.45) is 0. The monoisotopic (exact) mass is 350 g/mol. The van der Waals surface area contributed by atoms with Gasteiger partial charge in [-0.2, -0.15) is 0 Å². The fourth-order valence-electron chi connectivity index (χ4n) is 3.07. The van der Waals surface area contributed by atoms with E-state index in [9.17, 15) is 4.39 Å². The molecule has 3 aromatic carbocycles. The summed E-state index contributed by atoms with van der Waals surface area (Å²) < 4.78 is 19.0. The highest BCUT2D eigenvalue weighted by molar-refractivity contribution is 5.45. The maximum atomic E-state index is 13.6. The molecule has 3 rings (SSSR count). The van der Waals surface area contributed by atoms with Crippen LogP contribution in [-0.4, -0.2) is 7.11 Å². The second-order valence-electron chi connectivity index (χ2n) is 6.32. The number of anilines is 1. The summed E-state index contributed by atoms with van der Waals surface area (Å²) in [6, 6.07) is 22.2. The largest absolute Gasteiger partial charge is 0.497 e. The van der Waals surface area contributed by atoms with Gasteiger partial charge in [-0.3, -0.25) is 5.32 Å². The summed E-state index contributed by atoms with van der Waals surface area (Å²) in [5.74, 6) is 0.551. The van der Waals surface area contributed by atoms with E-state index in [0.29, 0.717) is 5.69 Å². The average Bonchev–Trinajstić information content (AvgIpc) is 2.66. The fourth-order valence-corrected chi connectivity index (χ4v) is 3.07. The van der Waals surface area contributed by atoms with E-state index in [1.165, 1.54) is 6.07 Å². The van der Waals surface area contributed by atoms with Crippen molar-refractivity contribution in [2.75, 3.05) is 12.8 Å². The number of rotatable bonds is 6. The average molecular weight is 350 g/mol. The Morgan fingerprint density at radius 1 is 0.885 bits per heavy atom. The van der Waals surface area contributed by atoms with E-state index in [4.69, 9.17) is 10.5 Å². The first-order valence-corrected chi connectivity index (χ1v) is 8.57. The minimum atomic E-state index is -0.238. The quantitative estimate of drug-likeness (QED) is 0.624. The van der Waals surface area contributed by atoms with Gasteiger partial charge in [-0.1, -0.05) is 36.4 Å². The zero-order valence-corrected chi connectivity index (χ0v) is 14.9. The Morgan fingerprint density at radius 3 is 2.23 bits per heavy atom. The number of benzene rings is 3. The third kappa shape index (κ3) is 4.21. The molecular weight excluding hydrogens is 327 g/mol. The van der Waals surface area contributed by atoms with Crippen molar-refractivity contribution in [2.24, 2.45) is 0 Å². The Balaban J connectivity index is 1.97. The third-order valence-corrected chi connectivity index (χ3v) is 4.44. The predicted molar refractivity (Wildman–Crippen MR) is 104 cm³/mol. The Morgan fingerprint density at radius 2 is 1.54 bits per heavy atom. The molecule has 0 bridgehead atoms. The second kappa shape index (κ2) is 8.02. The van der Waals surface area contributed by atoms with E-state index in [1.54, 1.807) is 19.2 Å². The molecule has 3 N–H and O–H groups in total. The van der Waals surface area contributed by atoms with Crippen molar-refractivity contribution < 1.29 is 9.13 Å². The summed E-state index contributed by atoms with van der Waals surface area (Å²) in [4.78, 5) is 0. The van der Waals surface area contributed by atoms with Gasteiger partial charge >= 0.3 is 0 Å². The number of hydrogen-bond donors (Lipinski definition) is 2. The van der Waals surface area contributed by atoms with Crippen molar-refractivity contribution in [1.29, 1.82) is 0 Å². The summed E-state index contributed by atoms with van der Waals surface area (Å²) in [5.41, 5.74) is 9.68. The van der Waals surface area contributed by atoms with Crippen LogP contribution in [0, 0.1) is 5.82 Å². The van der Waals surface area contributed by atoms with E-state index >= 15 is 0 Å². The van der Waals surface area contributed by atoms with Gasteiger partial charge in [0.25, 0.3) is 0 Å². The summed E-state index contributed by atoms with van der Waals surface area (Å²) in [6.45, 7) is 2.02. The fraction of sp³-hybridized carbons (Fsp3) is 0.182. The summed E-state index contributed by atoms with van der Waals surface area (Å²) >= 11 is 0. The van der Waals surface area contributed by atoms with E-state index in [-0.39, 0.29) is 17.9 Å². The van der Waals surface area contributed by atoms with Crippen molar-refractivity contribution in [3.63, 3.8) is 0 Å². The first-order chi connectivity index (χ1) is 12.6. The van der Waals surface area contributed by atoms with Crippen molar-refractivity contribution >= 4 is 5.69 Å². The number of hydrogen-bond acceptors (Lipinski definition) is 3. The van der Waals surface area contributed by atoms with Gasteiger partial charge in [0.05, 0.1) is 13.2 Å². The number of halogens is 1. The zero-order valence-electron chi connectivity index (χ0n) is 14.9. The number of nitrogen functional groups attached to an aromatic ring is 1. The van der Waals surface area contributed by atoms with Crippen LogP contribution in [0.15, 0.2) is 72.8 Å². The minimum Gasteiger partial charge on any atom is -0.497 e. The van der Waals surface area contributed by atoms with E-state index < -0.39 is 0 Å². The van der Waals surface area contributed by atoms with Gasteiger partial charge in [-0.15, -0.1) is 0 Å². The highest BCUT2D eigenvalue weighted by atomic mass is 19.1. The topological polar surface area (TPSA) is 47.3 Å². The lowest BCUT2D eigenvalue weighted by Crippen LogP contribution is -2.26. The van der Waals surface area contributed by atoms with E-state index in [1.807, 2.05) is 61.5 Å². The molecule has 0 aliphatic carbocycles. The molecule has 0 fully saturated rings. The van der Waals surface area contributed by atoms with Crippen LogP contribution >= 0.6 is 0 Å². The maximum absolute atomic E-state index is 13.6. The van der Waals surface area contributed by atoms with Crippen molar-refractivity contribution in [3.05, 3.63) is 95.3 Å². The van der Waals surface area contributed by atoms with Gasteiger partial charge in [0.15, 0.2) is 0 Å². The second-order valence-corrected chi connectivity index (χ2v) is 6.32. The Bertz CT molecular complexity index is 881. The Kier molecular flexibility index (Phi) is 5.54. The van der Waals surface area contributed by atoms with Crippen LogP contribution in [-0.2, 0) is 0 Å². The van der Waals surface area contributed by atoms with Gasteiger partial charge in [-0.25, -0.2) is 4.39 Å². The van der Waals surface area contributed by atoms with Crippen molar-refractivity contribution in [2.45, 2.75) is 19.0 Å². The van der Waals surface area contributed by atoms with Crippen LogP contribution < -0.4 is 15.8 Å². The third-order valence-electron chi connectivity index (χ3n) is 4.44. The highest BCUT2D eigenvalue weighted by Crippen LogP contribution is 2.29. The first kappa shape index (κ1) is 18.0. The molecule has 2 atom stereocenters. The summed E-state index contributed by atoms with van der Waals surface area (Å²) in [5, 5.41) is 3.59.